The predicted molar refractivity (Wildman–Crippen MR) is 120 cm³/mol. The molecule has 0 aliphatic carbocycles. The van der Waals surface area contributed by atoms with E-state index in [1.54, 1.807) is 28.8 Å². The first-order valence-corrected chi connectivity index (χ1v) is 11.4. The van der Waals surface area contributed by atoms with E-state index in [4.69, 9.17) is 0 Å². The molecule has 0 bridgehead atoms. The van der Waals surface area contributed by atoms with E-state index in [2.05, 4.69) is 25.8 Å². The molecular weight excluding hydrogens is 461 g/mol. The summed E-state index contributed by atoms with van der Waals surface area (Å²) in [7, 11) is 3.98. The van der Waals surface area contributed by atoms with Gasteiger partial charge in [-0.15, -0.1) is 11.8 Å². The number of amides is 1. The molecule has 0 aliphatic heterocycles. The summed E-state index contributed by atoms with van der Waals surface area (Å²) >= 11 is 6.57. The Hall–Kier alpha value is -1.48. The normalized spacial score (nSPS) is 11.3. The highest BCUT2D eigenvalue weighted by molar-refractivity contribution is 9.10. The van der Waals surface area contributed by atoms with Crippen molar-refractivity contribution in [1.29, 1.82) is 0 Å². The quantitative estimate of drug-likeness (QED) is 0.410. The lowest BCUT2D eigenvalue weighted by Gasteiger charge is -2.22. The van der Waals surface area contributed by atoms with Crippen LogP contribution in [-0.2, 0) is 4.79 Å². The molecule has 0 N–H and O–H groups in total. The first kappa shape index (κ1) is 21.2. The first-order valence-electron chi connectivity index (χ1n) is 8.82. The van der Waals surface area contributed by atoms with Crippen molar-refractivity contribution >= 4 is 60.3 Å². The van der Waals surface area contributed by atoms with Crippen LogP contribution in [0.3, 0.4) is 0 Å². The number of thiazole rings is 1. The number of rotatable bonds is 8. The van der Waals surface area contributed by atoms with Crippen molar-refractivity contribution in [3.63, 3.8) is 0 Å². The Bertz CT molecular complexity index is 946. The summed E-state index contributed by atoms with van der Waals surface area (Å²) in [6.45, 7) is 1.35. The van der Waals surface area contributed by atoms with Crippen LogP contribution in [0.25, 0.3) is 10.2 Å². The molecule has 1 aromatic heterocycles. The van der Waals surface area contributed by atoms with Crippen LogP contribution in [-0.4, -0.2) is 48.7 Å². The number of carbonyl (C=O) groups is 1. The van der Waals surface area contributed by atoms with Crippen LogP contribution in [0.1, 0.15) is 6.42 Å². The summed E-state index contributed by atoms with van der Waals surface area (Å²) < 4.78 is 15.1. The van der Waals surface area contributed by atoms with Crippen molar-refractivity contribution < 1.29 is 9.18 Å². The molecule has 8 heteroatoms. The monoisotopic (exact) mass is 481 g/mol. The van der Waals surface area contributed by atoms with E-state index in [-0.39, 0.29) is 11.7 Å². The minimum absolute atomic E-state index is 0.0505. The first-order chi connectivity index (χ1) is 13.4. The Labute approximate surface area is 180 Å². The highest BCUT2D eigenvalue weighted by atomic mass is 79.9. The predicted octanol–water partition coefficient (Wildman–Crippen LogP) is 5.27. The lowest BCUT2D eigenvalue weighted by atomic mass is 10.3. The SMILES string of the molecule is CN(C)CCN(C(=O)CCSc1ccc(F)cc1)c1nc2ccc(Br)cc2s1. The summed E-state index contributed by atoms with van der Waals surface area (Å²) in [6.07, 6.45) is 0.398. The number of aromatic nitrogens is 1. The van der Waals surface area contributed by atoms with Gasteiger partial charge in [0.2, 0.25) is 5.91 Å². The molecule has 28 heavy (non-hydrogen) atoms. The van der Waals surface area contributed by atoms with Crippen LogP contribution < -0.4 is 4.90 Å². The Kier molecular flexibility index (Phi) is 7.45. The second-order valence-electron chi connectivity index (χ2n) is 6.51. The third kappa shape index (κ3) is 5.76. The van der Waals surface area contributed by atoms with Gasteiger partial charge in [-0.05, 0) is 56.6 Å². The zero-order valence-electron chi connectivity index (χ0n) is 15.7. The van der Waals surface area contributed by atoms with E-state index in [0.717, 1.165) is 31.3 Å². The molecule has 4 nitrogen and oxygen atoms in total. The minimum atomic E-state index is -0.252. The largest absolute Gasteiger partial charge is 0.308 e. The molecule has 2 aromatic carbocycles. The van der Waals surface area contributed by atoms with Crippen LogP contribution in [0.15, 0.2) is 51.8 Å². The van der Waals surface area contributed by atoms with Gasteiger partial charge in [0.15, 0.2) is 5.13 Å². The van der Waals surface area contributed by atoms with Gasteiger partial charge in [-0.1, -0.05) is 27.3 Å². The lowest BCUT2D eigenvalue weighted by Crippen LogP contribution is -2.36. The van der Waals surface area contributed by atoms with E-state index in [1.165, 1.54) is 23.5 Å². The average molecular weight is 482 g/mol. The van der Waals surface area contributed by atoms with E-state index >= 15 is 0 Å². The summed E-state index contributed by atoms with van der Waals surface area (Å²) in [5, 5.41) is 0.728. The second-order valence-corrected chi connectivity index (χ2v) is 9.60. The number of likely N-dealkylation sites (N-methyl/N-ethyl adjacent to an activating group) is 1. The molecule has 1 amide bonds. The lowest BCUT2D eigenvalue weighted by molar-refractivity contribution is -0.118. The summed E-state index contributed by atoms with van der Waals surface area (Å²) in [4.78, 5) is 22.4. The second kappa shape index (κ2) is 9.82. The molecule has 0 fully saturated rings. The molecule has 0 unspecified atom stereocenters. The summed E-state index contributed by atoms with van der Waals surface area (Å²) in [5.74, 6) is 0.437. The van der Waals surface area contributed by atoms with Gasteiger partial charge < -0.3 is 4.90 Å². The van der Waals surface area contributed by atoms with E-state index < -0.39 is 0 Å². The van der Waals surface area contributed by atoms with Gasteiger partial charge in [-0.2, -0.15) is 0 Å². The highest BCUT2D eigenvalue weighted by Gasteiger charge is 2.19. The van der Waals surface area contributed by atoms with Crippen LogP contribution >= 0.6 is 39.0 Å². The Morgan fingerprint density at radius 2 is 1.93 bits per heavy atom. The van der Waals surface area contributed by atoms with Crippen molar-refractivity contribution in [1.82, 2.24) is 9.88 Å². The van der Waals surface area contributed by atoms with Crippen molar-refractivity contribution in [2.75, 3.05) is 37.8 Å². The van der Waals surface area contributed by atoms with Crippen molar-refractivity contribution in [2.45, 2.75) is 11.3 Å². The summed E-state index contributed by atoms with van der Waals surface area (Å²) in [5.41, 5.74) is 0.895. The number of hydrogen-bond acceptors (Lipinski definition) is 5. The molecule has 0 atom stereocenters. The number of benzene rings is 2. The molecule has 0 saturated heterocycles. The maximum atomic E-state index is 13.0. The number of nitrogens with zero attached hydrogens (tertiary/aromatic N) is 3. The fourth-order valence-corrected chi connectivity index (χ4v) is 4.95. The van der Waals surface area contributed by atoms with Gasteiger partial charge in [-0.25, -0.2) is 9.37 Å². The molecule has 148 valence electrons. The third-order valence-corrected chi connectivity index (χ3v) is 6.59. The number of fused-ring (bicyclic) bond motifs is 1. The Morgan fingerprint density at radius 1 is 1.18 bits per heavy atom. The summed E-state index contributed by atoms with van der Waals surface area (Å²) in [6, 6.07) is 12.3. The van der Waals surface area contributed by atoms with Gasteiger partial charge >= 0.3 is 0 Å². The smallest absolute Gasteiger partial charge is 0.229 e. The topological polar surface area (TPSA) is 36.4 Å². The van der Waals surface area contributed by atoms with Crippen LogP contribution in [0.5, 0.6) is 0 Å². The van der Waals surface area contributed by atoms with Crippen LogP contribution in [0, 0.1) is 5.82 Å². The van der Waals surface area contributed by atoms with Gasteiger partial charge in [0.05, 0.1) is 10.2 Å². The Morgan fingerprint density at radius 3 is 2.64 bits per heavy atom. The molecular formula is C20H21BrFN3OS2. The fraction of sp³-hybridized carbons (Fsp3) is 0.300. The number of halogens is 2. The zero-order valence-corrected chi connectivity index (χ0v) is 18.9. The van der Waals surface area contributed by atoms with Gasteiger partial charge in [0.25, 0.3) is 0 Å². The third-order valence-electron chi connectivity index (χ3n) is 4.04. The van der Waals surface area contributed by atoms with Crippen molar-refractivity contribution in [3.8, 4) is 0 Å². The van der Waals surface area contributed by atoms with Crippen LogP contribution in [0.2, 0.25) is 0 Å². The molecule has 0 radical (unpaired) electrons. The number of anilines is 1. The molecule has 0 saturated carbocycles. The molecule has 0 aliphatic rings. The molecule has 1 heterocycles. The number of carbonyl (C=O) groups excluding carboxylic acids is 1. The Balaban J connectivity index is 1.70. The average Bonchev–Trinajstić information content (AvgIpc) is 3.06. The number of thioether (sulfide) groups is 1. The highest BCUT2D eigenvalue weighted by Crippen LogP contribution is 2.31. The van der Waals surface area contributed by atoms with Crippen molar-refractivity contribution in [3.05, 3.63) is 52.8 Å². The van der Waals surface area contributed by atoms with E-state index in [0.29, 0.717) is 18.7 Å². The van der Waals surface area contributed by atoms with Crippen LogP contribution in [0.4, 0.5) is 9.52 Å². The van der Waals surface area contributed by atoms with E-state index in [9.17, 15) is 9.18 Å². The maximum absolute atomic E-state index is 13.0. The van der Waals surface area contributed by atoms with Gasteiger partial charge in [0.1, 0.15) is 5.82 Å². The van der Waals surface area contributed by atoms with Gasteiger partial charge in [-0.3, -0.25) is 9.69 Å². The molecule has 3 aromatic rings. The minimum Gasteiger partial charge on any atom is -0.308 e. The fourth-order valence-electron chi connectivity index (χ4n) is 2.55. The number of hydrogen-bond donors (Lipinski definition) is 0. The molecule has 3 rings (SSSR count). The van der Waals surface area contributed by atoms with Gasteiger partial charge in [0, 0.05) is 34.6 Å². The maximum Gasteiger partial charge on any atom is 0.229 e. The van der Waals surface area contributed by atoms with Crippen molar-refractivity contribution in [2.24, 2.45) is 0 Å². The standard InChI is InChI=1S/C20H21BrFN3OS2/c1-24(2)10-11-25(20-23-17-8-3-14(21)13-18(17)28-20)19(26)9-12-27-16-6-4-15(22)5-7-16/h3-8,13H,9-12H2,1-2H3. The zero-order chi connectivity index (χ0) is 20.1. The molecule has 0 spiro atoms. The van der Waals surface area contributed by atoms with E-state index in [1.807, 2.05) is 32.3 Å².